The van der Waals surface area contributed by atoms with E-state index in [9.17, 15) is 45.3 Å². The molecule has 2 aliphatic heterocycles. The first kappa shape index (κ1) is 30.9. The number of nitrogen functional groups attached to an aromatic ring is 1. The topological polar surface area (TPSA) is 260 Å². The number of anilines is 1. The number of phenols is 1. The molecule has 16 nitrogen and oxygen atoms in total. The molecule has 0 amide bonds. The van der Waals surface area contributed by atoms with Crippen LogP contribution in [0.3, 0.4) is 0 Å². The lowest BCUT2D eigenvalue weighted by molar-refractivity contribution is -0.306. The van der Waals surface area contributed by atoms with Gasteiger partial charge >= 0.3 is 11.9 Å². The third kappa shape index (κ3) is 7.12. The number of carbonyl (C=O) groups excluding carboxylic acids is 2. The summed E-state index contributed by atoms with van der Waals surface area (Å²) in [6.45, 7) is -1.90. The molecule has 0 saturated carbocycles. The van der Waals surface area contributed by atoms with Crippen molar-refractivity contribution in [2.24, 2.45) is 5.92 Å². The fourth-order valence-corrected chi connectivity index (χ4v) is 4.29. The fourth-order valence-electron chi connectivity index (χ4n) is 4.29. The Morgan fingerprint density at radius 1 is 1.00 bits per heavy atom. The van der Waals surface area contributed by atoms with Crippen LogP contribution < -0.4 is 11.1 Å². The van der Waals surface area contributed by atoms with Gasteiger partial charge in [-0.15, -0.1) is 0 Å². The van der Waals surface area contributed by atoms with Crippen molar-refractivity contribution in [3.63, 3.8) is 0 Å². The Morgan fingerprint density at radius 2 is 1.69 bits per heavy atom. The lowest BCUT2D eigenvalue weighted by Gasteiger charge is -2.44. The van der Waals surface area contributed by atoms with Gasteiger partial charge in [0.1, 0.15) is 48.9 Å². The van der Waals surface area contributed by atoms with Gasteiger partial charge in [0.05, 0.1) is 25.4 Å². The quantitative estimate of drug-likeness (QED) is 0.0566. The Hall–Kier alpha value is -2.64. The number of nitrogens with two attached hydrogens (primary N) is 1. The Kier molecular flexibility index (Phi) is 10.8. The van der Waals surface area contributed by atoms with Gasteiger partial charge in [-0.05, 0) is 25.2 Å². The molecular weight excluding hydrogens is 528 g/mol. The zero-order valence-electron chi connectivity index (χ0n) is 20.9. The summed E-state index contributed by atoms with van der Waals surface area (Å²) in [4.78, 5) is 24.6. The maximum atomic E-state index is 12.5. The second-order valence-corrected chi connectivity index (χ2v) is 9.03. The van der Waals surface area contributed by atoms with Gasteiger partial charge in [0.25, 0.3) is 0 Å². The molecule has 10 atom stereocenters. The van der Waals surface area contributed by atoms with Crippen LogP contribution in [-0.2, 0) is 28.5 Å². The molecule has 2 fully saturated rings. The number of rotatable bonds is 10. The number of aromatic hydroxyl groups is 1. The van der Waals surface area contributed by atoms with E-state index in [1.807, 2.05) is 0 Å². The van der Waals surface area contributed by atoms with Crippen LogP contribution in [-0.4, -0.2) is 136 Å². The first-order valence-electron chi connectivity index (χ1n) is 12.0. The molecule has 16 heteroatoms. The molecule has 4 unspecified atom stereocenters. The van der Waals surface area contributed by atoms with Crippen molar-refractivity contribution in [3.05, 3.63) is 23.8 Å². The predicted molar refractivity (Wildman–Crippen MR) is 127 cm³/mol. The highest BCUT2D eigenvalue weighted by atomic mass is 16.7. The van der Waals surface area contributed by atoms with Crippen LogP contribution in [0.1, 0.15) is 10.4 Å². The van der Waals surface area contributed by atoms with E-state index in [2.05, 4.69) is 5.32 Å². The molecule has 1 aromatic rings. The number of ether oxygens (including phenoxy) is 5. The number of esters is 2. The number of phenolic OH excluding ortho intramolecular Hbond substituents is 1. The Balaban J connectivity index is 1.55. The Labute approximate surface area is 222 Å². The van der Waals surface area contributed by atoms with Crippen molar-refractivity contribution in [2.75, 3.05) is 39.2 Å². The number of likely N-dealkylation sites (N-methyl/N-ethyl adjacent to an activating group) is 1. The number of aliphatic hydroxyl groups excluding tert-OH is 6. The Bertz CT molecular complexity index is 982. The van der Waals surface area contributed by atoms with E-state index in [0.29, 0.717) is 0 Å². The Morgan fingerprint density at radius 3 is 2.36 bits per heavy atom. The third-order valence-electron chi connectivity index (χ3n) is 6.47. The van der Waals surface area contributed by atoms with Gasteiger partial charge < -0.3 is 70.5 Å². The number of nitrogens with one attached hydrogen (secondary N) is 1. The van der Waals surface area contributed by atoms with Gasteiger partial charge in [0, 0.05) is 11.6 Å². The number of aliphatic hydroxyl groups is 6. The van der Waals surface area contributed by atoms with E-state index in [-0.39, 0.29) is 23.6 Å². The summed E-state index contributed by atoms with van der Waals surface area (Å²) < 4.78 is 25.9. The van der Waals surface area contributed by atoms with E-state index in [4.69, 9.17) is 29.4 Å². The van der Waals surface area contributed by atoms with E-state index in [0.717, 1.165) is 0 Å². The smallest absolute Gasteiger partial charge is 0.342 e. The van der Waals surface area contributed by atoms with Crippen molar-refractivity contribution in [1.29, 1.82) is 0 Å². The molecule has 1 aromatic carbocycles. The van der Waals surface area contributed by atoms with Gasteiger partial charge in [-0.3, -0.25) is 0 Å². The molecular formula is C23H34N2O14. The lowest BCUT2D eigenvalue weighted by atomic mass is 9.88. The lowest BCUT2D eigenvalue weighted by Crippen LogP contribution is -2.63. The zero-order valence-corrected chi connectivity index (χ0v) is 20.9. The van der Waals surface area contributed by atoms with Crippen molar-refractivity contribution in [2.45, 2.75) is 55.2 Å². The highest BCUT2D eigenvalue weighted by Gasteiger charge is 2.49. The van der Waals surface area contributed by atoms with Gasteiger partial charge in [-0.1, -0.05) is 0 Å². The van der Waals surface area contributed by atoms with E-state index < -0.39 is 92.9 Å². The van der Waals surface area contributed by atoms with Crippen molar-refractivity contribution in [3.8, 4) is 5.75 Å². The van der Waals surface area contributed by atoms with Crippen LogP contribution in [0.15, 0.2) is 18.2 Å². The minimum absolute atomic E-state index is 0.197. The van der Waals surface area contributed by atoms with Crippen LogP contribution >= 0.6 is 0 Å². The van der Waals surface area contributed by atoms with Gasteiger partial charge in [-0.2, -0.15) is 0 Å². The average molecular weight is 563 g/mol. The standard InChI is InChI=1S/C23H34N2O14/c1-25-14-11(15(28)13(7-26)38-21(14)33)8-37-23-18(31)16(29)17(30)19(39-23)22(34)36-5-4-35-20(32)10-6-9(24)2-3-12(10)27/h2-3,6,11,13-19,21,23,25-31,33H,4-5,7-8,24H2,1H3/t11-,13?,14?,15+,16+,17-,18?,19?,21+,23+/m0/s1. The molecule has 2 aliphatic rings. The molecule has 39 heavy (non-hydrogen) atoms. The van der Waals surface area contributed by atoms with Crippen LogP contribution in [0, 0.1) is 5.92 Å². The van der Waals surface area contributed by atoms with Gasteiger partial charge in [-0.25, -0.2) is 9.59 Å². The summed E-state index contributed by atoms with van der Waals surface area (Å²) in [5.74, 6) is -3.34. The van der Waals surface area contributed by atoms with Gasteiger partial charge in [0.2, 0.25) is 0 Å². The molecule has 0 radical (unpaired) electrons. The van der Waals surface area contributed by atoms with E-state index >= 15 is 0 Å². The molecule has 10 N–H and O–H groups in total. The fraction of sp³-hybridized carbons (Fsp3) is 0.652. The summed E-state index contributed by atoms with van der Waals surface area (Å²) in [7, 11) is 1.49. The summed E-state index contributed by atoms with van der Waals surface area (Å²) in [5, 5.41) is 73.3. The molecule has 0 aliphatic carbocycles. The largest absolute Gasteiger partial charge is 0.507 e. The van der Waals surface area contributed by atoms with E-state index in [1.165, 1.54) is 25.2 Å². The van der Waals surface area contributed by atoms with Gasteiger partial charge in [0.15, 0.2) is 18.7 Å². The van der Waals surface area contributed by atoms with Crippen LogP contribution in [0.25, 0.3) is 0 Å². The first-order valence-corrected chi connectivity index (χ1v) is 12.0. The summed E-state index contributed by atoms with van der Waals surface area (Å²) in [6.07, 6.45) is -12.9. The zero-order chi connectivity index (χ0) is 28.9. The van der Waals surface area contributed by atoms with E-state index in [1.54, 1.807) is 0 Å². The monoisotopic (exact) mass is 562 g/mol. The SMILES string of the molecule is CNC1[C@H](O)OC(CO)[C@H](O)[C@H]1CO[C@@H]1OC(C(=O)OCCOC(=O)c2cc(N)ccc2O)[C@@H](O)[C@@H](O)C1O. The molecule has 3 rings (SSSR count). The molecule has 0 aromatic heterocycles. The molecule has 0 spiro atoms. The number of carbonyl (C=O) groups is 2. The number of hydrogen-bond acceptors (Lipinski definition) is 16. The summed E-state index contributed by atoms with van der Waals surface area (Å²) in [5.41, 5.74) is 5.59. The molecule has 2 saturated heterocycles. The second-order valence-electron chi connectivity index (χ2n) is 9.03. The average Bonchev–Trinajstić information content (AvgIpc) is 2.91. The second kappa shape index (κ2) is 13.6. The molecule has 2 heterocycles. The van der Waals surface area contributed by atoms with Crippen LogP contribution in [0.4, 0.5) is 5.69 Å². The highest BCUT2D eigenvalue weighted by molar-refractivity contribution is 5.93. The summed E-state index contributed by atoms with van der Waals surface area (Å²) in [6, 6.07) is 2.94. The first-order chi connectivity index (χ1) is 18.5. The number of hydrogen-bond donors (Lipinski definition) is 9. The maximum absolute atomic E-state index is 12.5. The van der Waals surface area contributed by atoms with Crippen molar-refractivity contribution < 1.29 is 69.0 Å². The third-order valence-corrected chi connectivity index (χ3v) is 6.47. The number of benzene rings is 1. The minimum Gasteiger partial charge on any atom is -0.507 e. The summed E-state index contributed by atoms with van der Waals surface area (Å²) >= 11 is 0. The molecule has 0 bridgehead atoms. The molecule has 220 valence electrons. The van der Waals surface area contributed by atoms with Crippen LogP contribution in [0.2, 0.25) is 0 Å². The predicted octanol–water partition coefficient (Wildman–Crippen LogP) is -4.23. The van der Waals surface area contributed by atoms with Crippen molar-refractivity contribution in [1.82, 2.24) is 5.32 Å². The maximum Gasteiger partial charge on any atom is 0.342 e. The normalized spacial score (nSPS) is 34.8. The minimum atomic E-state index is -1.90. The van der Waals surface area contributed by atoms with Crippen LogP contribution in [0.5, 0.6) is 5.75 Å². The highest BCUT2D eigenvalue weighted by Crippen LogP contribution is 2.28. The van der Waals surface area contributed by atoms with Crippen molar-refractivity contribution >= 4 is 17.6 Å².